The maximum absolute atomic E-state index is 14.3. The molecule has 1 unspecified atom stereocenters. The van der Waals surface area contributed by atoms with Gasteiger partial charge in [-0.15, -0.1) is 29.3 Å². The van der Waals surface area contributed by atoms with Crippen LogP contribution >= 0.6 is 11.8 Å². The zero-order valence-corrected chi connectivity index (χ0v) is 28.3. The number of esters is 1. The normalized spacial score (nSPS) is 15.0. The Morgan fingerprint density at radius 1 is 0.816 bits per heavy atom. The van der Waals surface area contributed by atoms with Crippen molar-refractivity contribution in [3.8, 4) is 11.3 Å². The quantitative estimate of drug-likeness (QED) is 0.0610. The first kappa shape index (κ1) is 40.5. The molecule has 49 heavy (non-hydrogen) atoms. The van der Waals surface area contributed by atoms with Gasteiger partial charge in [-0.1, -0.05) is 31.2 Å². The van der Waals surface area contributed by atoms with E-state index >= 15 is 0 Å². The van der Waals surface area contributed by atoms with Crippen molar-refractivity contribution >= 4 is 28.7 Å². The van der Waals surface area contributed by atoms with Gasteiger partial charge in [0.05, 0.1) is 11.2 Å². The Morgan fingerprint density at radius 3 is 2.00 bits per heavy atom. The molecule has 8 nitrogen and oxygen atoms in total. The second-order valence-electron chi connectivity index (χ2n) is 12.9. The lowest BCUT2D eigenvalue weighted by molar-refractivity contribution is -0.572. The Balaban J connectivity index is 1.59. The number of carbonyl (C=O) groups excluding carboxylic acids is 1. The molecule has 0 aliphatic carbocycles. The highest BCUT2D eigenvalue weighted by Crippen LogP contribution is 2.40. The number of furan rings is 1. The number of fused-ring (bicyclic) bond motifs is 1. The van der Waals surface area contributed by atoms with E-state index < -0.39 is 59.6 Å². The van der Waals surface area contributed by atoms with Gasteiger partial charge in [-0.05, 0) is 77.3 Å². The number of nitrogens with two attached hydrogens (primary N) is 2. The van der Waals surface area contributed by atoms with Crippen LogP contribution in [-0.4, -0.2) is 54.2 Å². The maximum atomic E-state index is 14.3. The first-order valence-corrected chi connectivity index (χ1v) is 15.8. The molecule has 1 atom stereocenters. The molecule has 2 aromatic carbocycles. The van der Waals surface area contributed by atoms with Gasteiger partial charge in [0.25, 0.3) is 0 Å². The fourth-order valence-corrected chi connectivity index (χ4v) is 5.54. The van der Waals surface area contributed by atoms with Gasteiger partial charge in [-0.2, -0.15) is 17.6 Å². The summed E-state index contributed by atoms with van der Waals surface area (Å²) in [5.41, 5.74) is 10.1. The molecule has 0 radical (unpaired) electrons. The molecule has 3 aromatic rings. The van der Waals surface area contributed by atoms with Crippen molar-refractivity contribution < 1.29 is 63.3 Å². The Morgan fingerprint density at radius 2 is 1.41 bits per heavy atom. The topological polar surface area (TPSA) is 119 Å². The summed E-state index contributed by atoms with van der Waals surface area (Å²) < 4.78 is 132. The van der Waals surface area contributed by atoms with Crippen LogP contribution in [0.25, 0.3) is 22.3 Å². The third-order valence-corrected chi connectivity index (χ3v) is 8.54. The van der Waals surface area contributed by atoms with Crippen LogP contribution in [0.15, 0.2) is 57.8 Å². The van der Waals surface area contributed by atoms with Gasteiger partial charge in [-0.3, -0.25) is 4.79 Å². The number of rotatable bonds is 17. The summed E-state index contributed by atoms with van der Waals surface area (Å²) in [7, 11) is 0. The average Bonchev–Trinajstić information content (AvgIpc) is 3.35. The van der Waals surface area contributed by atoms with Crippen LogP contribution in [0.1, 0.15) is 53.5 Å². The summed E-state index contributed by atoms with van der Waals surface area (Å²) in [6, 6.07) is 13.5. The molecule has 0 spiro atoms. The minimum atomic E-state index is -5.90. The molecule has 0 saturated heterocycles. The molecule has 3 rings (SSSR count). The van der Waals surface area contributed by atoms with Crippen LogP contribution in [-0.2, 0) is 30.2 Å². The zero-order valence-electron chi connectivity index (χ0n) is 27.5. The van der Waals surface area contributed by atoms with E-state index in [1.807, 2.05) is 31.2 Å². The molecule has 1 heterocycles. The first-order valence-electron chi connectivity index (χ1n) is 14.8. The SMILES string of the molecule is CCc1ccccc1-c1cc2ccc(SCC(F)(F)OC(F)(F)OC(F)(F)OC(F)(F)COC(=O)C(C)(C)C(C)(N)CC(C)(C)N)cc2o1. The molecule has 0 amide bonds. The van der Waals surface area contributed by atoms with E-state index in [-0.39, 0.29) is 11.3 Å². The lowest BCUT2D eigenvalue weighted by atomic mass is 9.68. The van der Waals surface area contributed by atoms with Gasteiger partial charge in [0.1, 0.15) is 11.3 Å². The van der Waals surface area contributed by atoms with E-state index in [0.29, 0.717) is 28.5 Å². The van der Waals surface area contributed by atoms with E-state index in [9.17, 15) is 39.9 Å². The number of hydrogen-bond donors (Lipinski definition) is 2. The molecular weight excluding hydrogens is 692 g/mol. The molecule has 0 aliphatic heterocycles. The summed E-state index contributed by atoms with van der Waals surface area (Å²) >= 11 is 0.312. The number of alkyl halides is 8. The monoisotopic (exact) mass is 730 g/mol. The van der Waals surface area contributed by atoms with E-state index in [2.05, 4.69) is 18.9 Å². The predicted molar refractivity (Wildman–Crippen MR) is 165 cm³/mol. The second-order valence-corrected chi connectivity index (χ2v) is 13.9. The van der Waals surface area contributed by atoms with Gasteiger partial charge >= 0.3 is 30.8 Å². The van der Waals surface area contributed by atoms with Crippen LogP contribution in [0.3, 0.4) is 0 Å². The molecular formula is C32H38F8N2O6S. The van der Waals surface area contributed by atoms with Gasteiger partial charge in [0.15, 0.2) is 6.61 Å². The standard InChI is InChI=1S/C32H38F8N2O6S/c1-7-19-10-8-9-11-22(19)24-14-20-12-13-21(15-23(20)45-24)49-18-30(35,36)47-32(39,40)48-31(37,38)46-29(33,34)17-44-25(43)27(4,5)28(6,42)16-26(2,3)41/h8-15H,7,16-18,41-42H2,1-6H3. The van der Waals surface area contributed by atoms with Crippen LogP contribution in [0.2, 0.25) is 0 Å². The van der Waals surface area contributed by atoms with Crippen molar-refractivity contribution in [2.45, 2.75) is 95.2 Å². The molecule has 274 valence electrons. The van der Waals surface area contributed by atoms with Gasteiger partial charge in [0, 0.05) is 26.9 Å². The Kier molecular flexibility index (Phi) is 11.8. The van der Waals surface area contributed by atoms with Gasteiger partial charge in [0.2, 0.25) is 0 Å². The fraction of sp³-hybridized carbons (Fsp3) is 0.531. The number of aryl methyl sites for hydroxylation is 1. The van der Waals surface area contributed by atoms with Crippen LogP contribution in [0.5, 0.6) is 0 Å². The number of thioether (sulfide) groups is 1. The highest BCUT2D eigenvalue weighted by molar-refractivity contribution is 7.99. The number of ether oxygens (including phenoxy) is 4. The number of carbonyl (C=O) groups is 1. The highest BCUT2D eigenvalue weighted by Gasteiger charge is 2.57. The second kappa shape index (κ2) is 14.3. The smallest absolute Gasteiger partial charge is 0.456 e. The van der Waals surface area contributed by atoms with E-state index in [0.717, 1.165) is 17.5 Å². The number of halogens is 8. The summed E-state index contributed by atoms with van der Waals surface area (Å²) in [5.74, 6) is -2.39. The molecule has 0 fully saturated rings. The Hall–Kier alpha value is -2.96. The average molecular weight is 731 g/mol. The third kappa shape index (κ3) is 11.3. The van der Waals surface area contributed by atoms with Crippen molar-refractivity contribution in [3.63, 3.8) is 0 Å². The van der Waals surface area contributed by atoms with Crippen molar-refractivity contribution in [2.24, 2.45) is 16.9 Å². The van der Waals surface area contributed by atoms with Crippen molar-refractivity contribution in [2.75, 3.05) is 12.4 Å². The number of benzene rings is 2. The lowest BCUT2D eigenvalue weighted by Crippen LogP contribution is -2.59. The molecule has 17 heteroatoms. The predicted octanol–water partition coefficient (Wildman–Crippen LogP) is 8.50. The molecule has 4 N–H and O–H groups in total. The first-order chi connectivity index (χ1) is 22.2. The third-order valence-electron chi connectivity index (χ3n) is 7.47. The largest absolute Gasteiger partial charge is 0.496 e. The molecule has 0 saturated carbocycles. The summed E-state index contributed by atoms with van der Waals surface area (Å²) in [4.78, 5) is 12.6. The minimum Gasteiger partial charge on any atom is -0.456 e. The lowest BCUT2D eigenvalue weighted by Gasteiger charge is -2.42. The van der Waals surface area contributed by atoms with E-state index in [4.69, 9.17) is 15.9 Å². The van der Waals surface area contributed by atoms with Crippen LogP contribution < -0.4 is 11.5 Å². The molecule has 1 aromatic heterocycles. The molecule has 0 aliphatic rings. The van der Waals surface area contributed by atoms with Crippen molar-refractivity contribution in [3.05, 3.63) is 54.1 Å². The summed E-state index contributed by atoms with van der Waals surface area (Å²) in [5, 5.41) is 0.624. The van der Waals surface area contributed by atoms with Crippen molar-refractivity contribution in [1.82, 2.24) is 0 Å². The summed E-state index contributed by atoms with van der Waals surface area (Å²) in [6.45, 7) is 6.78. The molecule has 0 bridgehead atoms. The number of hydrogen-bond acceptors (Lipinski definition) is 9. The zero-order chi connectivity index (χ0) is 37.3. The van der Waals surface area contributed by atoms with Crippen molar-refractivity contribution in [1.29, 1.82) is 0 Å². The van der Waals surface area contributed by atoms with Gasteiger partial charge < -0.3 is 20.6 Å². The maximum Gasteiger partial charge on any atom is 0.496 e. The summed E-state index contributed by atoms with van der Waals surface area (Å²) in [6.07, 6.45) is -21.0. The Bertz CT molecular complexity index is 1610. The Labute approximate surface area is 281 Å². The van der Waals surface area contributed by atoms with E-state index in [1.165, 1.54) is 32.9 Å². The van der Waals surface area contributed by atoms with Crippen LogP contribution in [0.4, 0.5) is 35.1 Å². The van der Waals surface area contributed by atoms with E-state index in [1.54, 1.807) is 26.0 Å². The highest BCUT2D eigenvalue weighted by atomic mass is 32.2. The minimum absolute atomic E-state index is 0.00620. The van der Waals surface area contributed by atoms with Gasteiger partial charge in [-0.25, -0.2) is 14.2 Å². The van der Waals surface area contributed by atoms with Crippen LogP contribution in [0, 0.1) is 5.41 Å². The fourth-order valence-electron chi connectivity index (χ4n) is 4.79.